The van der Waals surface area contributed by atoms with Gasteiger partial charge in [0.05, 0.1) is 0 Å². The first-order valence-electron chi connectivity index (χ1n) is 7.59. The third-order valence-electron chi connectivity index (χ3n) is 2.79. The van der Waals surface area contributed by atoms with Crippen molar-refractivity contribution in [2.45, 2.75) is 45.9 Å². The van der Waals surface area contributed by atoms with Gasteiger partial charge in [0.15, 0.2) is 6.61 Å². The van der Waals surface area contributed by atoms with Gasteiger partial charge in [0.1, 0.15) is 17.4 Å². The molecule has 0 bridgehead atoms. The van der Waals surface area contributed by atoms with Crippen LogP contribution in [0.15, 0.2) is 24.3 Å². The summed E-state index contributed by atoms with van der Waals surface area (Å²) in [4.78, 5) is 11.7. The van der Waals surface area contributed by atoms with Crippen LogP contribution in [0.2, 0.25) is 0 Å². The number of carbonyl (C=O) groups excluding carboxylic acids is 1. The molecule has 1 aromatic carbocycles. The lowest BCUT2D eigenvalue weighted by molar-refractivity contribution is 0.0508. The number of amides is 1. The number of nitrogens with one attached hydrogen (secondary N) is 2. The van der Waals surface area contributed by atoms with Crippen LogP contribution in [0, 0.1) is 11.3 Å². The summed E-state index contributed by atoms with van der Waals surface area (Å²) in [5, 5.41) is 14.6. The van der Waals surface area contributed by atoms with Crippen LogP contribution in [0.25, 0.3) is 0 Å². The molecule has 1 atom stereocenters. The van der Waals surface area contributed by atoms with Gasteiger partial charge in [-0.2, -0.15) is 5.26 Å². The Labute approximate surface area is 137 Å². The summed E-state index contributed by atoms with van der Waals surface area (Å²) in [7, 11) is 0. The van der Waals surface area contributed by atoms with E-state index < -0.39 is 11.7 Å². The maximum Gasteiger partial charge on any atom is 0.407 e. The van der Waals surface area contributed by atoms with Crippen molar-refractivity contribution in [3.8, 4) is 11.8 Å². The van der Waals surface area contributed by atoms with Crippen LogP contribution in [-0.4, -0.2) is 30.9 Å². The van der Waals surface area contributed by atoms with E-state index in [1.807, 2.05) is 58.0 Å². The van der Waals surface area contributed by atoms with Gasteiger partial charge in [0.2, 0.25) is 0 Å². The average molecular weight is 319 g/mol. The highest BCUT2D eigenvalue weighted by molar-refractivity contribution is 5.68. The van der Waals surface area contributed by atoms with Crippen molar-refractivity contribution in [2.24, 2.45) is 0 Å². The molecule has 1 amide bonds. The van der Waals surface area contributed by atoms with Crippen LogP contribution in [-0.2, 0) is 11.3 Å². The SMILES string of the molecule is CC(CNCc1ccccc1OCC#N)NC(=O)OC(C)(C)C. The Hall–Kier alpha value is -2.26. The third kappa shape index (κ3) is 8.07. The van der Waals surface area contributed by atoms with Crippen molar-refractivity contribution in [3.63, 3.8) is 0 Å². The van der Waals surface area contributed by atoms with Gasteiger partial charge in [0.25, 0.3) is 0 Å². The van der Waals surface area contributed by atoms with Gasteiger partial charge in [-0.15, -0.1) is 0 Å². The molecule has 0 aliphatic heterocycles. The fourth-order valence-corrected chi connectivity index (χ4v) is 1.88. The Morgan fingerprint density at radius 3 is 2.70 bits per heavy atom. The number of rotatable bonds is 7. The third-order valence-corrected chi connectivity index (χ3v) is 2.79. The van der Waals surface area contributed by atoms with E-state index in [1.54, 1.807) is 0 Å². The quantitative estimate of drug-likeness (QED) is 0.807. The minimum atomic E-state index is -0.506. The number of benzene rings is 1. The normalized spacial score (nSPS) is 12.1. The molecule has 1 unspecified atom stereocenters. The summed E-state index contributed by atoms with van der Waals surface area (Å²) < 4.78 is 10.6. The molecule has 0 fully saturated rings. The summed E-state index contributed by atoms with van der Waals surface area (Å²) >= 11 is 0. The van der Waals surface area contributed by atoms with Crippen LogP contribution in [0.3, 0.4) is 0 Å². The molecular weight excluding hydrogens is 294 g/mol. The topological polar surface area (TPSA) is 83.4 Å². The van der Waals surface area contributed by atoms with Crippen LogP contribution >= 0.6 is 0 Å². The van der Waals surface area contributed by atoms with E-state index in [9.17, 15) is 4.79 Å². The number of para-hydroxylation sites is 1. The van der Waals surface area contributed by atoms with Crippen molar-refractivity contribution in [1.29, 1.82) is 5.26 Å². The van der Waals surface area contributed by atoms with Crippen LogP contribution < -0.4 is 15.4 Å². The summed E-state index contributed by atoms with van der Waals surface area (Å²) in [6, 6.07) is 9.43. The zero-order valence-corrected chi connectivity index (χ0v) is 14.2. The van der Waals surface area contributed by atoms with E-state index in [-0.39, 0.29) is 12.6 Å². The molecule has 0 spiro atoms. The number of nitrogens with zero attached hydrogens (tertiary/aromatic N) is 1. The largest absolute Gasteiger partial charge is 0.478 e. The van der Waals surface area contributed by atoms with Crippen molar-refractivity contribution < 1.29 is 14.3 Å². The summed E-state index contributed by atoms with van der Waals surface area (Å²) in [6.07, 6.45) is -0.426. The smallest absolute Gasteiger partial charge is 0.407 e. The van der Waals surface area contributed by atoms with Gasteiger partial charge in [-0.05, 0) is 33.8 Å². The van der Waals surface area contributed by atoms with Gasteiger partial charge < -0.3 is 20.1 Å². The van der Waals surface area contributed by atoms with Crippen molar-refractivity contribution in [3.05, 3.63) is 29.8 Å². The van der Waals surface area contributed by atoms with Crippen molar-refractivity contribution >= 4 is 6.09 Å². The van der Waals surface area contributed by atoms with E-state index in [1.165, 1.54) is 0 Å². The Morgan fingerprint density at radius 2 is 2.04 bits per heavy atom. The Morgan fingerprint density at radius 1 is 1.35 bits per heavy atom. The Balaban J connectivity index is 2.39. The van der Waals surface area contributed by atoms with Gasteiger partial charge in [-0.25, -0.2) is 4.79 Å². The first-order valence-corrected chi connectivity index (χ1v) is 7.59. The van der Waals surface area contributed by atoms with Gasteiger partial charge in [-0.1, -0.05) is 18.2 Å². The predicted molar refractivity (Wildman–Crippen MR) is 88.1 cm³/mol. The number of hydrogen-bond acceptors (Lipinski definition) is 5. The van der Waals surface area contributed by atoms with Crippen LogP contribution in [0.5, 0.6) is 5.75 Å². The minimum Gasteiger partial charge on any atom is -0.478 e. The molecule has 0 aliphatic carbocycles. The first-order chi connectivity index (χ1) is 10.8. The highest BCUT2D eigenvalue weighted by atomic mass is 16.6. The van der Waals surface area contributed by atoms with E-state index in [0.717, 1.165) is 5.56 Å². The molecule has 6 nitrogen and oxygen atoms in total. The second kappa shape index (κ2) is 9.01. The van der Waals surface area contributed by atoms with Gasteiger partial charge >= 0.3 is 6.09 Å². The van der Waals surface area contributed by atoms with Crippen LogP contribution in [0.4, 0.5) is 4.79 Å². The molecule has 0 heterocycles. The molecule has 0 aliphatic rings. The van der Waals surface area contributed by atoms with Crippen molar-refractivity contribution in [2.75, 3.05) is 13.2 Å². The highest BCUT2D eigenvalue weighted by Crippen LogP contribution is 2.17. The molecule has 0 radical (unpaired) electrons. The standard InChI is InChI=1S/C17H25N3O3/c1-13(20-16(21)23-17(2,3)4)11-19-12-14-7-5-6-8-15(14)22-10-9-18/h5-8,13,19H,10-12H2,1-4H3,(H,20,21). The van der Waals surface area contributed by atoms with Gasteiger partial charge in [-0.3, -0.25) is 0 Å². The lowest BCUT2D eigenvalue weighted by Crippen LogP contribution is -2.42. The molecule has 0 aromatic heterocycles. The number of ether oxygens (including phenoxy) is 2. The Bertz CT molecular complexity index is 547. The number of alkyl carbamates (subject to hydrolysis) is 1. The summed E-state index contributed by atoms with van der Waals surface area (Å²) in [6.45, 7) is 8.57. The predicted octanol–water partition coefficient (Wildman–Crippen LogP) is 2.59. The van der Waals surface area contributed by atoms with E-state index in [4.69, 9.17) is 14.7 Å². The molecule has 126 valence electrons. The first kappa shape index (κ1) is 18.8. The maximum atomic E-state index is 11.7. The molecule has 0 saturated heterocycles. The fourth-order valence-electron chi connectivity index (χ4n) is 1.88. The lowest BCUT2D eigenvalue weighted by Gasteiger charge is -2.22. The summed E-state index contributed by atoms with van der Waals surface area (Å²) in [5.41, 5.74) is 0.459. The molecular formula is C17H25N3O3. The number of carbonyl (C=O) groups is 1. The second-order valence-electron chi connectivity index (χ2n) is 6.23. The minimum absolute atomic E-state index is 0.0214. The second-order valence-corrected chi connectivity index (χ2v) is 6.23. The van der Waals surface area contributed by atoms with Gasteiger partial charge in [0, 0.05) is 24.7 Å². The number of nitriles is 1. The Kier molecular flexibility index (Phi) is 7.36. The fraction of sp³-hybridized carbons (Fsp3) is 0.529. The highest BCUT2D eigenvalue weighted by Gasteiger charge is 2.17. The van der Waals surface area contributed by atoms with E-state index in [2.05, 4.69) is 10.6 Å². The average Bonchev–Trinajstić information content (AvgIpc) is 2.44. The van der Waals surface area contributed by atoms with E-state index >= 15 is 0 Å². The zero-order chi connectivity index (χ0) is 17.3. The molecule has 0 saturated carbocycles. The lowest BCUT2D eigenvalue weighted by atomic mass is 10.2. The molecule has 6 heteroatoms. The van der Waals surface area contributed by atoms with Crippen LogP contribution in [0.1, 0.15) is 33.3 Å². The molecule has 1 rings (SSSR count). The summed E-state index contributed by atoms with van der Waals surface area (Å²) in [5.74, 6) is 0.689. The number of hydrogen-bond donors (Lipinski definition) is 2. The molecule has 2 N–H and O–H groups in total. The van der Waals surface area contributed by atoms with Crippen molar-refractivity contribution in [1.82, 2.24) is 10.6 Å². The van der Waals surface area contributed by atoms with E-state index in [0.29, 0.717) is 18.8 Å². The molecule has 23 heavy (non-hydrogen) atoms. The maximum absolute atomic E-state index is 11.7. The monoisotopic (exact) mass is 319 g/mol. The molecule has 1 aromatic rings. The zero-order valence-electron chi connectivity index (χ0n) is 14.2.